The van der Waals surface area contributed by atoms with E-state index >= 15 is 0 Å². The van der Waals surface area contributed by atoms with Gasteiger partial charge in [0.15, 0.2) is 0 Å². The van der Waals surface area contributed by atoms with Crippen LogP contribution in [0.15, 0.2) is 67.3 Å². The van der Waals surface area contributed by atoms with Gasteiger partial charge in [-0.2, -0.15) is 0 Å². The minimum atomic E-state index is -1.07. The Balaban J connectivity index is 1.36. The number of pyridine rings is 1. The van der Waals surface area contributed by atoms with Crippen LogP contribution in [0.3, 0.4) is 0 Å². The Morgan fingerprint density at radius 1 is 1.26 bits per heavy atom. The van der Waals surface area contributed by atoms with Crippen LogP contribution in [0, 0.1) is 16.0 Å². The molecule has 1 aliphatic heterocycles. The number of aromatic nitrogens is 1. The van der Waals surface area contributed by atoms with E-state index in [4.69, 9.17) is 9.47 Å². The maximum absolute atomic E-state index is 13.1. The lowest BCUT2D eigenvalue weighted by Gasteiger charge is -2.20. The molecule has 196 valence electrons. The number of carbonyl (C=O) groups excluding carboxylic acids is 2. The van der Waals surface area contributed by atoms with Crippen LogP contribution in [0.5, 0.6) is 5.75 Å². The zero-order valence-corrected chi connectivity index (χ0v) is 20.9. The van der Waals surface area contributed by atoms with E-state index in [2.05, 4.69) is 22.2 Å². The number of esters is 1. The zero-order chi connectivity index (χ0) is 26.9. The van der Waals surface area contributed by atoms with Gasteiger partial charge in [0.2, 0.25) is 5.91 Å². The number of amides is 1. The Labute approximate surface area is 219 Å². The molecular weight excluding hydrogens is 488 g/mol. The minimum absolute atomic E-state index is 0.0659. The third-order valence-electron chi connectivity index (χ3n) is 7.02. The van der Waals surface area contributed by atoms with Crippen molar-refractivity contribution in [2.24, 2.45) is 5.92 Å². The largest absolute Gasteiger partial charge is 0.488 e. The van der Waals surface area contributed by atoms with Crippen molar-refractivity contribution in [2.45, 2.75) is 37.5 Å². The van der Waals surface area contributed by atoms with E-state index in [9.17, 15) is 19.7 Å². The summed E-state index contributed by atoms with van der Waals surface area (Å²) in [4.78, 5) is 41.2. The van der Waals surface area contributed by atoms with Crippen molar-refractivity contribution in [1.29, 1.82) is 0 Å². The van der Waals surface area contributed by atoms with E-state index in [-0.39, 0.29) is 30.2 Å². The number of benzene rings is 2. The number of hydrogen-bond acceptors (Lipinski definition) is 8. The molecule has 1 saturated heterocycles. The monoisotopic (exact) mass is 516 g/mol. The molecule has 1 amide bonds. The van der Waals surface area contributed by atoms with Crippen LogP contribution < -0.4 is 15.4 Å². The molecule has 0 spiro atoms. The first-order valence-electron chi connectivity index (χ1n) is 12.5. The summed E-state index contributed by atoms with van der Waals surface area (Å²) in [5, 5.41) is 18.0. The van der Waals surface area contributed by atoms with Gasteiger partial charge in [0.1, 0.15) is 17.4 Å². The predicted octanol–water partition coefficient (Wildman–Crippen LogP) is 3.54. The number of nitrogens with zero attached hydrogens (tertiary/aromatic N) is 2. The number of carbonyl (C=O) groups is 2. The van der Waals surface area contributed by atoms with E-state index in [0.29, 0.717) is 41.7 Å². The van der Waals surface area contributed by atoms with E-state index < -0.39 is 22.5 Å². The summed E-state index contributed by atoms with van der Waals surface area (Å²) >= 11 is 0. The highest BCUT2D eigenvalue weighted by molar-refractivity contribution is 5.94. The number of fused-ring (bicyclic) bond motifs is 1. The van der Waals surface area contributed by atoms with Gasteiger partial charge < -0.3 is 20.1 Å². The predicted molar refractivity (Wildman–Crippen MR) is 140 cm³/mol. The minimum Gasteiger partial charge on any atom is -0.488 e. The molecule has 1 unspecified atom stereocenters. The fraction of sp³-hybridized carbons (Fsp3) is 0.321. The molecule has 3 aromatic rings. The zero-order valence-electron chi connectivity index (χ0n) is 20.9. The van der Waals surface area contributed by atoms with Crippen LogP contribution >= 0.6 is 0 Å². The molecule has 2 fully saturated rings. The van der Waals surface area contributed by atoms with Crippen LogP contribution in [-0.4, -0.2) is 52.6 Å². The average molecular weight is 517 g/mol. The second kappa shape index (κ2) is 10.2. The van der Waals surface area contributed by atoms with Crippen molar-refractivity contribution in [2.75, 3.05) is 13.2 Å². The number of non-ortho nitro benzene ring substituents is 1. The molecule has 1 saturated carbocycles. The summed E-state index contributed by atoms with van der Waals surface area (Å²) in [5.41, 5.74) is 0.977. The van der Waals surface area contributed by atoms with Gasteiger partial charge in [-0.25, -0.2) is 9.78 Å². The smallest absolute Gasteiger partial charge is 0.332 e. The first-order valence-corrected chi connectivity index (χ1v) is 12.5. The molecule has 2 heterocycles. The highest BCUT2D eigenvalue weighted by Gasteiger charge is 2.61. The normalized spacial score (nSPS) is 24.0. The lowest BCUT2D eigenvalue weighted by atomic mass is 10.1. The van der Waals surface area contributed by atoms with E-state index in [1.807, 2.05) is 30.3 Å². The Hall–Kier alpha value is -4.31. The quantitative estimate of drug-likeness (QED) is 0.191. The summed E-state index contributed by atoms with van der Waals surface area (Å²) in [5.74, 6) is -0.493. The molecule has 2 aliphatic rings. The maximum Gasteiger partial charge on any atom is 0.332 e. The van der Waals surface area contributed by atoms with Gasteiger partial charge in [0.05, 0.1) is 28.8 Å². The summed E-state index contributed by atoms with van der Waals surface area (Å²) in [6.07, 6.45) is 2.08. The van der Waals surface area contributed by atoms with Gasteiger partial charge in [0.25, 0.3) is 5.69 Å². The van der Waals surface area contributed by atoms with Crippen LogP contribution in [0.25, 0.3) is 22.2 Å². The number of nitro groups is 1. The number of nitrogens with one attached hydrogen (secondary N) is 2. The molecule has 5 rings (SSSR count). The molecule has 0 radical (unpaired) electrons. The van der Waals surface area contributed by atoms with Gasteiger partial charge in [-0.1, -0.05) is 36.4 Å². The van der Waals surface area contributed by atoms with E-state index in [0.717, 1.165) is 5.56 Å². The molecule has 2 N–H and O–H groups in total. The maximum atomic E-state index is 13.1. The van der Waals surface area contributed by atoms with Gasteiger partial charge in [-0.15, -0.1) is 6.58 Å². The first kappa shape index (κ1) is 25.3. The van der Waals surface area contributed by atoms with Gasteiger partial charge in [-0.3, -0.25) is 14.9 Å². The third kappa shape index (κ3) is 4.82. The van der Waals surface area contributed by atoms with Crippen molar-refractivity contribution >= 4 is 28.5 Å². The fourth-order valence-corrected chi connectivity index (χ4v) is 4.89. The van der Waals surface area contributed by atoms with Crippen LogP contribution in [0.1, 0.15) is 19.8 Å². The highest BCUT2D eigenvalue weighted by atomic mass is 16.6. The molecule has 10 heteroatoms. The number of ether oxygens (including phenoxy) is 2. The summed E-state index contributed by atoms with van der Waals surface area (Å²) < 4.78 is 11.5. The fourth-order valence-electron chi connectivity index (χ4n) is 4.89. The number of rotatable bonds is 9. The molecule has 38 heavy (non-hydrogen) atoms. The van der Waals surface area contributed by atoms with Crippen molar-refractivity contribution in [3.63, 3.8) is 0 Å². The Morgan fingerprint density at radius 2 is 2.05 bits per heavy atom. The molecule has 2 aromatic carbocycles. The van der Waals surface area contributed by atoms with E-state index in [1.54, 1.807) is 25.1 Å². The second-order valence-corrected chi connectivity index (χ2v) is 9.49. The van der Waals surface area contributed by atoms with Crippen molar-refractivity contribution in [3.05, 3.63) is 77.4 Å². The Morgan fingerprint density at radius 3 is 2.74 bits per heavy atom. The van der Waals surface area contributed by atoms with Crippen molar-refractivity contribution in [1.82, 2.24) is 15.6 Å². The lowest BCUT2D eigenvalue weighted by Crippen LogP contribution is -2.51. The van der Waals surface area contributed by atoms with Crippen LogP contribution in [-0.2, 0) is 14.3 Å². The Kier molecular flexibility index (Phi) is 6.81. The molecule has 10 nitrogen and oxygen atoms in total. The van der Waals surface area contributed by atoms with Crippen molar-refractivity contribution in [3.8, 4) is 17.0 Å². The van der Waals surface area contributed by atoms with E-state index in [1.165, 1.54) is 12.1 Å². The molecule has 0 bridgehead atoms. The SMILES string of the molecule is C=C[C@H]1C[C@]1(NC(=O)[C@@H]1CC(Oc2cc(-c3ccccc3)nc3ccc([N+](=O)[O-])cc23)CN1)C(=O)OCC. The molecular formula is C28H28N4O6. The highest BCUT2D eigenvalue weighted by Crippen LogP contribution is 2.45. The molecule has 1 aliphatic carbocycles. The molecule has 4 atom stereocenters. The molecule has 1 aromatic heterocycles. The first-order chi connectivity index (χ1) is 18.3. The third-order valence-corrected chi connectivity index (χ3v) is 7.02. The van der Waals surface area contributed by atoms with Gasteiger partial charge in [-0.05, 0) is 19.4 Å². The number of hydrogen-bond donors (Lipinski definition) is 2. The number of nitro benzene ring substituents is 1. The van der Waals surface area contributed by atoms with Crippen LogP contribution in [0.4, 0.5) is 5.69 Å². The summed E-state index contributed by atoms with van der Waals surface area (Å²) in [6, 6.07) is 15.2. The van der Waals surface area contributed by atoms with Gasteiger partial charge in [0, 0.05) is 48.0 Å². The topological polar surface area (TPSA) is 133 Å². The Bertz CT molecular complexity index is 1410. The average Bonchev–Trinajstić information content (AvgIpc) is 3.44. The van der Waals surface area contributed by atoms with Gasteiger partial charge >= 0.3 is 5.97 Å². The lowest BCUT2D eigenvalue weighted by molar-refractivity contribution is -0.384. The summed E-state index contributed by atoms with van der Waals surface area (Å²) in [7, 11) is 0. The standard InChI is InChI=1S/C28H28N4O6/c1-3-18-15-28(18,27(34)37-4-2)31-26(33)24-13-20(16-29-24)38-25-14-23(17-8-6-5-7-9-17)30-22-11-10-19(32(35)36)12-21(22)25/h3,5-12,14,18,20,24,29H,1,4,13,15-16H2,2H3,(H,31,33)/t18-,20?,24-,28+/m0/s1. The van der Waals surface area contributed by atoms with Crippen molar-refractivity contribution < 1.29 is 24.0 Å². The second-order valence-electron chi connectivity index (χ2n) is 9.49. The summed E-state index contributed by atoms with van der Waals surface area (Å²) in [6.45, 7) is 6.08. The van der Waals surface area contributed by atoms with Crippen LogP contribution in [0.2, 0.25) is 0 Å².